The van der Waals surface area contributed by atoms with Crippen molar-refractivity contribution in [3.05, 3.63) is 23.8 Å². The van der Waals surface area contributed by atoms with Crippen molar-refractivity contribution in [1.29, 1.82) is 0 Å². The third kappa shape index (κ3) is 2.61. The van der Waals surface area contributed by atoms with E-state index < -0.39 is 58.0 Å². The molecule has 0 radical (unpaired) electrons. The molecule has 1 heterocycles. The van der Waals surface area contributed by atoms with Crippen LogP contribution in [0.2, 0.25) is 0 Å². The first kappa shape index (κ1) is 22.9. The van der Waals surface area contributed by atoms with E-state index >= 15 is 8.78 Å². The zero-order valence-electron chi connectivity index (χ0n) is 18.7. The van der Waals surface area contributed by atoms with E-state index in [-0.39, 0.29) is 30.1 Å². The van der Waals surface area contributed by atoms with Gasteiger partial charge in [-0.3, -0.25) is 4.79 Å². The summed E-state index contributed by atoms with van der Waals surface area (Å²) < 4.78 is 58.9. The highest BCUT2D eigenvalue weighted by molar-refractivity contribution is 8.00. The van der Waals surface area contributed by atoms with Crippen LogP contribution in [0.5, 0.6) is 0 Å². The van der Waals surface area contributed by atoms with Crippen LogP contribution in [-0.2, 0) is 14.3 Å². The molecule has 0 bridgehead atoms. The zero-order chi connectivity index (χ0) is 23.1. The van der Waals surface area contributed by atoms with Crippen LogP contribution in [0.1, 0.15) is 52.9 Å². The van der Waals surface area contributed by atoms with Gasteiger partial charge in [0.25, 0.3) is 0 Å². The molecule has 5 rings (SSSR count). The summed E-state index contributed by atoms with van der Waals surface area (Å²) in [5.74, 6) is -1.54. The molecule has 0 unspecified atom stereocenters. The Morgan fingerprint density at radius 3 is 2.72 bits per heavy atom. The number of carbonyl (C=O) groups excluding carboxylic acids is 1. The smallest absolute Gasteiger partial charge is 0.178 e. The largest absolute Gasteiger partial charge is 0.390 e. The Hall–Kier alpha value is -0.830. The molecule has 1 aliphatic heterocycles. The van der Waals surface area contributed by atoms with Gasteiger partial charge in [0, 0.05) is 16.7 Å². The van der Waals surface area contributed by atoms with E-state index in [1.54, 1.807) is 6.92 Å². The average molecular weight is 473 g/mol. The van der Waals surface area contributed by atoms with Crippen molar-refractivity contribution in [3.8, 4) is 0 Å². The maximum Gasteiger partial charge on any atom is 0.178 e. The van der Waals surface area contributed by atoms with Crippen molar-refractivity contribution in [2.24, 2.45) is 22.7 Å². The lowest BCUT2D eigenvalue weighted by Gasteiger charge is -2.63. The van der Waals surface area contributed by atoms with Crippen molar-refractivity contribution in [2.75, 3.05) is 6.01 Å². The number of fused-ring (bicyclic) bond motifs is 7. The van der Waals surface area contributed by atoms with Gasteiger partial charge in [-0.05, 0) is 56.3 Å². The second kappa shape index (κ2) is 7.33. The van der Waals surface area contributed by atoms with Crippen molar-refractivity contribution >= 4 is 17.5 Å². The minimum absolute atomic E-state index is 0.0536. The molecule has 4 fully saturated rings. The number of halogens is 3. The molecule has 1 saturated heterocycles. The topological polar surface area (TPSA) is 55.8 Å². The Labute approximate surface area is 191 Å². The Morgan fingerprint density at radius 1 is 1.28 bits per heavy atom. The van der Waals surface area contributed by atoms with Gasteiger partial charge in [-0.15, -0.1) is 0 Å². The molecule has 10 atom stereocenters. The van der Waals surface area contributed by atoms with Gasteiger partial charge in [-0.1, -0.05) is 38.1 Å². The first-order valence-electron chi connectivity index (χ1n) is 11.6. The molecule has 178 valence electrons. The summed E-state index contributed by atoms with van der Waals surface area (Å²) >= 11 is 1.02. The Balaban J connectivity index is 1.59. The summed E-state index contributed by atoms with van der Waals surface area (Å²) in [6.07, 6.45) is 1.94. The van der Waals surface area contributed by atoms with E-state index in [0.29, 0.717) is 12.8 Å². The van der Waals surface area contributed by atoms with Crippen LogP contribution in [0.4, 0.5) is 13.2 Å². The quantitative estimate of drug-likeness (QED) is 0.636. The Bertz CT molecular complexity index is 881. The van der Waals surface area contributed by atoms with Crippen LogP contribution in [0, 0.1) is 22.7 Å². The second-order valence-corrected chi connectivity index (χ2v) is 11.6. The summed E-state index contributed by atoms with van der Waals surface area (Å²) in [7, 11) is 0. The van der Waals surface area contributed by atoms with Gasteiger partial charge in [0.1, 0.15) is 18.3 Å². The summed E-state index contributed by atoms with van der Waals surface area (Å²) in [5.41, 5.74) is -4.25. The first-order valence-corrected chi connectivity index (χ1v) is 12.6. The van der Waals surface area contributed by atoms with E-state index in [2.05, 4.69) is 0 Å². The molecule has 0 aromatic carbocycles. The van der Waals surface area contributed by atoms with Crippen molar-refractivity contribution in [1.82, 2.24) is 0 Å². The van der Waals surface area contributed by atoms with Gasteiger partial charge in [-0.25, -0.2) is 13.2 Å². The van der Waals surface area contributed by atoms with Crippen LogP contribution in [0.3, 0.4) is 0 Å². The van der Waals surface area contributed by atoms with Gasteiger partial charge in [0.05, 0.1) is 6.10 Å². The molecule has 1 N–H and O–H groups in total. The van der Waals surface area contributed by atoms with Crippen molar-refractivity contribution < 1.29 is 32.5 Å². The lowest BCUT2D eigenvalue weighted by Crippen LogP contribution is -2.69. The normalized spacial score (nSPS) is 54.0. The fraction of sp³-hybridized carbons (Fsp3) is 0.792. The van der Waals surface area contributed by atoms with Gasteiger partial charge < -0.3 is 14.6 Å². The molecule has 3 saturated carbocycles. The Morgan fingerprint density at radius 2 is 2.03 bits per heavy atom. The average Bonchev–Trinajstić information content (AvgIpc) is 3.18. The molecule has 0 spiro atoms. The summed E-state index contributed by atoms with van der Waals surface area (Å²) in [6, 6.07) is -0.691. The maximum absolute atomic E-state index is 17.1. The highest BCUT2D eigenvalue weighted by Gasteiger charge is 2.78. The highest BCUT2D eigenvalue weighted by Crippen LogP contribution is 2.73. The number of aliphatic hydroxyl groups is 1. The monoisotopic (exact) mass is 472 g/mol. The second-order valence-electron chi connectivity index (χ2n) is 10.5. The molecule has 32 heavy (non-hydrogen) atoms. The molecule has 4 nitrogen and oxygen atoms in total. The van der Waals surface area contributed by atoms with Gasteiger partial charge >= 0.3 is 0 Å². The maximum atomic E-state index is 17.1. The predicted molar refractivity (Wildman–Crippen MR) is 115 cm³/mol. The number of rotatable bonds is 4. The standard InChI is InChI=1S/C24H31F3O4S/c1-4-5-20-30-19-10-14-15-9-17(26)16-8-13(28)6-7-21(16,2)23(15,27)18(29)11-22(14,3)24(19,31-20)32-12-25/h6-8,14-15,17-20,29H,4-5,9-12H2,1-3H3/t14-,15-,17-,18-,19+,20+,21-,22-,23-,24-/m0/s1. The summed E-state index contributed by atoms with van der Waals surface area (Å²) in [4.78, 5) is 10.9. The SMILES string of the molecule is CCC[C@@H]1O[C@@H]2C[C@H]3[C@@H]4C[C@H](F)C5=CC(=O)C=C[C@]5(C)[C@@]4(F)[C@@H](O)C[C@]3(C)[C@]2(SCF)O1. The zero-order valence-corrected chi connectivity index (χ0v) is 19.5. The summed E-state index contributed by atoms with van der Waals surface area (Å²) in [6.45, 7) is 5.51. The number of hydrogen-bond acceptors (Lipinski definition) is 5. The van der Waals surface area contributed by atoms with Crippen LogP contribution < -0.4 is 0 Å². The van der Waals surface area contributed by atoms with E-state index in [1.165, 1.54) is 18.2 Å². The van der Waals surface area contributed by atoms with Gasteiger partial charge in [-0.2, -0.15) is 0 Å². The number of thioether (sulfide) groups is 1. The third-order valence-electron chi connectivity index (χ3n) is 9.12. The first-order chi connectivity index (χ1) is 15.1. The van der Waals surface area contributed by atoms with E-state index in [4.69, 9.17) is 9.47 Å². The van der Waals surface area contributed by atoms with Crippen LogP contribution >= 0.6 is 11.8 Å². The molecule has 8 heteroatoms. The fourth-order valence-corrected chi connectivity index (χ4v) is 8.88. The van der Waals surface area contributed by atoms with E-state index in [9.17, 15) is 14.3 Å². The number of carbonyl (C=O) groups is 1. The molecule has 4 aliphatic carbocycles. The van der Waals surface area contributed by atoms with Crippen LogP contribution in [0.25, 0.3) is 0 Å². The van der Waals surface area contributed by atoms with Crippen molar-refractivity contribution in [2.45, 2.75) is 88.1 Å². The fourth-order valence-electron chi connectivity index (χ4n) is 7.64. The number of ether oxygens (including phenoxy) is 2. The minimum atomic E-state index is -2.15. The van der Waals surface area contributed by atoms with Crippen molar-refractivity contribution in [3.63, 3.8) is 0 Å². The highest BCUT2D eigenvalue weighted by atomic mass is 32.2. The van der Waals surface area contributed by atoms with Crippen LogP contribution in [-0.4, -0.2) is 52.2 Å². The Kier molecular flexibility index (Phi) is 5.26. The lowest BCUT2D eigenvalue weighted by molar-refractivity contribution is -0.222. The van der Waals surface area contributed by atoms with E-state index in [0.717, 1.165) is 18.2 Å². The van der Waals surface area contributed by atoms with Crippen LogP contribution in [0.15, 0.2) is 23.8 Å². The molecule has 0 aromatic rings. The predicted octanol–water partition coefficient (Wildman–Crippen LogP) is 4.81. The number of alkyl halides is 3. The number of ketones is 1. The van der Waals surface area contributed by atoms with E-state index in [1.807, 2.05) is 13.8 Å². The molecule has 0 amide bonds. The molecular weight excluding hydrogens is 441 g/mol. The van der Waals surface area contributed by atoms with Gasteiger partial charge in [0.2, 0.25) is 0 Å². The molecular formula is C24H31F3O4S. The third-order valence-corrected chi connectivity index (χ3v) is 10.5. The molecule has 0 aromatic heterocycles. The number of allylic oxidation sites excluding steroid dienone is 4. The number of aliphatic hydroxyl groups excluding tert-OH is 1. The lowest BCUT2D eigenvalue weighted by atomic mass is 9.45. The van der Waals surface area contributed by atoms with Gasteiger partial charge in [0.15, 0.2) is 22.7 Å². The minimum Gasteiger partial charge on any atom is -0.390 e. The molecule has 5 aliphatic rings. The summed E-state index contributed by atoms with van der Waals surface area (Å²) in [5, 5.41) is 11.4. The number of hydrogen-bond donors (Lipinski definition) is 1.